The Morgan fingerprint density at radius 2 is 2.45 bits per heavy atom. The molecule has 1 aromatic heterocycles. The molecule has 0 fully saturated rings. The van der Waals surface area contributed by atoms with Crippen molar-refractivity contribution in [2.24, 2.45) is 4.99 Å². The van der Waals surface area contributed by atoms with E-state index in [4.69, 9.17) is 11.8 Å². The third kappa shape index (κ3) is 0.988. The van der Waals surface area contributed by atoms with Crippen molar-refractivity contribution in [1.29, 1.82) is 0 Å². The highest BCUT2D eigenvalue weighted by atomic mass is 35.5. The Balaban J connectivity index is 2.54. The summed E-state index contributed by atoms with van der Waals surface area (Å²) in [6.45, 7) is 0. The summed E-state index contributed by atoms with van der Waals surface area (Å²) in [5.74, 6) is 0.559. The van der Waals surface area contributed by atoms with Crippen LogP contribution in [0.1, 0.15) is 0 Å². The van der Waals surface area contributed by atoms with Gasteiger partial charge in [-0.2, -0.15) is 4.53 Å². The second-order valence-electron chi connectivity index (χ2n) is 1.90. The van der Waals surface area contributed by atoms with Crippen molar-refractivity contribution in [2.75, 3.05) is 4.53 Å². The van der Waals surface area contributed by atoms with Crippen LogP contribution in [0.15, 0.2) is 17.5 Å². The quantitative estimate of drug-likeness (QED) is 0.579. The molecule has 5 nitrogen and oxygen atoms in total. The van der Waals surface area contributed by atoms with Crippen molar-refractivity contribution >= 4 is 29.6 Å². The zero-order valence-corrected chi connectivity index (χ0v) is 6.15. The van der Waals surface area contributed by atoms with Gasteiger partial charge in [-0.15, -0.1) is 0 Å². The normalized spacial score (nSPS) is 14.1. The van der Waals surface area contributed by atoms with Gasteiger partial charge in [0, 0.05) is 11.8 Å². The van der Waals surface area contributed by atoms with Crippen LogP contribution in [-0.4, -0.2) is 16.3 Å². The van der Waals surface area contributed by atoms with E-state index in [1.807, 2.05) is 0 Å². The van der Waals surface area contributed by atoms with E-state index in [1.165, 1.54) is 17.2 Å². The second kappa shape index (κ2) is 2.35. The fourth-order valence-electron chi connectivity index (χ4n) is 0.768. The molecule has 0 atom stereocenters. The van der Waals surface area contributed by atoms with Gasteiger partial charge >= 0.3 is 0 Å². The Bertz CT molecular complexity index is 299. The Labute approximate surface area is 67.8 Å². The first-order valence-electron chi connectivity index (χ1n) is 2.92. The van der Waals surface area contributed by atoms with E-state index in [1.54, 1.807) is 6.20 Å². The predicted molar refractivity (Wildman–Crippen MR) is 41.7 cm³/mol. The van der Waals surface area contributed by atoms with Gasteiger partial charge in [0.2, 0.25) is 0 Å². The maximum absolute atomic E-state index is 5.69. The number of hydrogen-bond donors (Lipinski definition) is 1. The maximum Gasteiger partial charge on any atom is 0.193 e. The van der Waals surface area contributed by atoms with Crippen LogP contribution in [0.25, 0.3) is 0 Å². The van der Waals surface area contributed by atoms with Crippen LogP contribution in [0.2, 0.25) is 0 Å². The number of nitrogens with one attached hydrogen (secondary N) is 1. The summed E-state index contributed by atoms with van der Waals surface area (Å²) >= 11 is 5.69. The van der Waals surface area contributed by atoms with Crippen LogP contribution < -0.4 is 9.95 Å². The molecule has 0 bridgehead atoms. The average Bonchev–Trinajstić information content (AvgIpc) is 2.06. The van der Waals surface area contributed by atoms with E-state index in [0.29, 0.717) is 11.5 Å². The molecule has 1 N–H and O–H groups in total. The first-order valence-corrected chi connectivity index (χ1v) is 3.26. The summed E-state index contributed by atoms with van der Waals surface area (Å²) in [6.07, 6.45) is 4.48. The number of nitrogens with zero attached hydrogens (tertiary/aromatic N) is 4. The van der Waals surface area contributed by atoms with Gasteiger partial charge < -0.3 is 0 Å². The molecule has 0 radical (unpaired) electrons. The molecule has 0 saturated heterocycles. The predicted octanol–water partition coefficient (Wildman–Crippen LogP) is 0.615. The fourth-order valence-corrected chi connectivity index (χ4v) is 0.942. The Hall–Kier alpha value is -1.36. The van der Waals surface area contributed by atoms with Gasteiger partial charge in [0.25, 0.3) is 0 Å². The zero-order valence-electron chi connectivity index (χ0n) is 5.40. The van der Waals surface area contributed by atoms with Gasteiger partial charge in [-0.3, -0.25) is 5.43 Å². The van der Waals surface area contributed by atoms with E-state index in [9.17, 15) is 0 Å². The van der Waals surface area contributed by atoms with E-state index in [-0.39, 0.29) is 0 Å². The van der Waals surface area contributed by atoms with Gasteiger partial charge in [-0.1, -0.05) is 0 Å². The number of anilines is 1. The average molecular weight is 170 g/mol. The summed E-state index contributed by atoms with van der Waals surface area (Å²) < 4.78 is 1.25. The molecule has 6 heteroatoms. The molecule has 2 rings (SSSR count). The SMILES string of the molecule is ClN1NC=Nc2cncnc21. The van der Waals surface area contributed by atoms with Gasteiger partial charge in [-0.05, 0) is 0 Å². The lowest BCUT2D eigenvalue weighted by Gasteiger charge is -2.17. The smallest absolute Gasteiger partial charge is 0.193 e. The van der Waals surface area contributed by atoms with Gasteiger partial charge in [0.15, 0.2) is 5.82 Å². The van der Waals surface area contributed by atoms with Crippen LogP contribution in [0.4, 0.5) is 11.5 Å². The number of aliphatic imine (C=N–C) groups is 1. The number of rotatable bonds is 0. The molecule has 11 heavy (non-hydrogen) atoms. The number of halogens is 1. The monoisotopic (exact) mass is 169 g/mol. The number of fused-ring (bicyclic) bond motifs is 1. The molecule has 1 aliphatic rings. The van der Waals surface area contributed by atoms with Crippen molar-refractivity contribution in [2.45, 2.75) is 0 Å². The molecular weight excluding hydrogens is 166 g/mol. The minimum absolute atomic E-state index is 0.559. The Morgan fingerprint density at radius 3 is 3.27 bits per heavy atom. The van der Waals surface area contributed by atoms with E-state index in [0.717, 1.165) is 0 Å². The Kier molecular flexibility index (Phi) is 1.36. The maximum atomic E-state index is 5.69. The molecular formula is C5H4ClN5. The third-order valence-corrected chi connectivity index (χ3v) is 1.49. The molecule has 0 aliphatic carbocycles. The molecule has 0 saturated carbocycles. The summed E-state index contributed by atoms with van der Waals surface area (Å²) in [5.41, 5.74) is 3.31. The van der Waals surface area contributed by atoms with Crippen LogP contribution in [0, 0.1) is 0 Å². The lowest BCUT2D eigenvalue weighted by molar-refractivity contribution is 0.955. The van der Waals surface area contributed by atoms with Crippen LogP contribution >= 0.6 is 11.8 Å². The molecule has 0 aromatic carbocycles. The summed E-state index contributed by atoms with van der Waals surface area (Å²) in [4.78, 5) is 11.7. The van der Waals surface area contributed by atoms with Crippen LogP contribution in [0.3, 0.4) is 0 Å². The molecule has 2 heterocycles. The van der Waals surface area contributed by atoms with Gasteiger partial charge in [0.05, 0.1) is 6.20 Å². The van der Waals surface area contributed by atoms with E-state index in [2.05, 4.69) is 20.4 Å². The first kappa shape index (κ1) is 6.36. The molecule has 0 amide bonds. The largest absolute Gasteiger partial charge is 0.271 e. The topological polar surface area (TPSA) is 53.4 Å². The van der Waals surface area contributed by atoms with E-state index < -0.39 is 0 Å². The molecule has 56 valence electrons. The third-order valence-electron chi connectivity index (χ3n) is 1.23. The van der Waals surface area contributed by atoms with Crippen molar-refractivity contribution in [3.05, 3.63) is 12.5 Å². The second-order valence-corrected chi connectivity index (χ2v) is 2.24. The standard InChI is InChI=1S/C5H4ClN5/c6-11-5-4(8-3-10-11)1-7-2-9-5/h1-3H,(H,8,10). The molecule has 0 spiro atoms. The highest BCUT2D eigenvalue weighted by molar-refractivity contribution is 6.26. The number of aromatic nitrogens is 2. The minimum atomic E-state index is 0.559. The van der Waals surface area contributed by atoms with Crippen LogP contribution in [-0.2, 0) is 0 Å². The lowest BCUT2D eigenvalue weighted by Crippen LogP contribution is -2.31. The van der Waals surface area contributed by atoms with Crippen LogP contribution in [0.5, 0.6) is 0 Å². The molecule has 1 aliphatic heterocycles. The molecule has 0 unspecified atom stereocenters. The first-order chi connectivity index (χ1) is 5.38. The van der Waals surface area contributed by atoms with Gasteiger partial charge in [0.1, 0.15) is 18.4 Å². The highest BCUT2D eigenvalue weighted by Gasteiger charge is 2.12. The number of hydrazine groups is 1. The molecule has 1 aromatic rings. The van der Waals surface area contributed by atoms with Crippen molar-refractivity contribution < 1.29 is 0 Å². The van der Waals surface area contributed by atoms with E-state index >= 15 is 0 Å². The Morgan fingerprint density at radius 1 is 1.55 bits per heavy atom. The van der Waals surface area contributed by atoms with Crippen molar-refractivity contribution in [1.82, 2.24) is 15.4 Å². The summed E-state index contributed by atoms with van der Waals surface area (Å²) in [6, 6.07) is 0. The lowest BCUT2D eigenvalue weighted by atomic mass is 10.5. The number of hydrogen-bond acceptors (Lipinski definition) is 5. The fraction of sp³-hybridized carbons (Fsp3) is 0. The van der Waals surface area contributed by atoms with Gasteiger partial charge in [-0.25, -0.2) is 15.0 Å². The van der Waals surface area contributed by atoms with Crippen molar-refractivity contribution in [3.63, 3.8) is 0 Å². The summed E-state index contributed by atoms with van der Waals surface area (Å²) in [7, 11) is 0. The zero-order chi connectivity index (χ0) is 7.68. The van der Waals surface area contributed by atoms with Crippen molar-refractivity contribution in [3.8, 4) is 0 Å². The summed E-state index contributed by atoms with van der Waals surface area (Å²) in [5, 5.41) is 0. The minimum Gasteiger partial charge on any atom is -0.271 e. The highest BCUT2D eigenvalue weighted by Crippen LogP contribution is 2.25.